The second-order valence-electron chi connectivity index (χ2n) is 8.41. The molecule has 1 aliphatic rings. The van der Waals surface area contributed by atoms with Gasteiger partial charge in [-0.2, -0.15) is 0 Å². The lowest BCUT2D eigenvalue weighted by molar-refractivity contribution is -0.139. The van der Waals surface area contributed by atoms with E-state index in [0.29, 0.717) is 49.8 Å². The summed E-state index contributed by atoms with van der Waals surface area (Å²) in [5.41, 5.74) is 1.96. The van der Waals surface area contributed by atoms with Crippen LogP contribution in [0.1, 0.15) is 43.9 Å². The highest BCUT2D eigenvalue weighted by atomic mass is 79.9. The van der Waals surface area contributed by atoms with Gasteiger partial charge in [-0.15, -0.1) is 0 Å². The standard InChI is InChI=1S/C28H29BrN2O6S/c1-6-8-20-24(27(33)37-7-2)25(19-15-18(34-3)10-12-22(19)36-5)31-26(32)23(38-28(31)30-20)14-16-13-17(29)9-11-21(16)35-4/h9-15,25H,6-8H2,1-5H3/b23-14-/t25-/m0/s1. The number of aromatic nitrogens is 1. The van der Waals surface area contributed by atoms with E-state index < -0.39 is 12.0 Å². The van der Waals surface area contributed by atoms with Crippen molar-refractivity contribution in [3.8, 4) is 17.2 Å². The summed E-state index contributed by atoms with van der Waals surface area (Å²) in [6.07, 6.45) is 3.08. The van der Waals surface area contributed by atoms with Gasteiger partial charge < -0.3 is 18.9 Å². The van der Waals surface area contributed by atoms with Crippen LogP contribution in [0, 0.1) is 0 Å². The summed E-state index contributed by atoms with van der Waals surface area (Å²) in [6, 6.07) is 10.1. The van der Waals surface area contributed by atoms with E-state index in [-0.39, 0.29) is 12.2 Å². The SMILES string of the molecule is CCCC1=C(C(=O)OCC)[C@H](c2cc(OC)ccc2OC)n2c(s/c(=C\c3cc(Br)ccc3OC)c2=O)=N1. The fraction of sp³-hybridized carbons (Fsp3) is 0.321. The van der Waals surface area contributed by atoms with E-state index >= 15 is 0 Å². The van der Waals surface area contributed by atoms with Gasteiger partial charge in [0.2, 0.25) is 0 Å². The molecule has 3 aromatic rings. The van der Waals surface area contributed by atoms with E-state index in [0.717, 1.165) is 16.5 Å². The number of halogens is 1. The number of esters is 1. The zero-order chi connectivity index (χ0) is 27.4. The van der Waals surface area contributed by atoms with Crippen LogP contribution in [0.15, 0.2) is 61.9 Å². The van der Waals surface area contributed by atoms with Crippen molar-refractivity contribution in [3.05, 3.63) is 83.0 Å². The molecule has 38 heavy (non-hydrogen) atoms. The molecule has 1 aliphatic heterocycles. The predicted octanol–water partition coefficient (Wildman–Crippen LogP) is 4.37. The molecule has 0 N–H and O–H groups in total. The summed E-state index contributed by atoms with van der Waals surface area (Å²) in [6.45, 7) is 3.96. The lowest BCUT2D eigenvalue weighted by atomic mass is 9.93. The van der Waals surface area contributed by atoms with Gasteiger partial charge in [0.05, 0.1) is 43.7 Å². The van der Waals surface area contributed by atoms with Crippen molar-refractivity contribution < 1.29 is 23.7 Å². The molecule has 0 saturated heterocycles. The Labute approximate surface area is 233 Å². The summed E-state index contributed by atoms with van der Waals surface area (Å²) in [7, 11) is 4.70. The van der Waals surface area contributed by atoms with Gasteiger partial charge in [-0.3, -0.25) is 9.36 Å². The van der Waals surface area contributed by atoms with E-state index in [1.54, 1.807) is 57.1 Å². The first-order valence-corrected chi connectivity index (χ1v) is 13.7. The van der Waals surface area contributed by atoms with E-state index in [9.17, 15) is 9.59 Å². The smallest absolute Gasteiger partial charge is 0.338 e. The van der Waals surface area contributed by atoms with Crippen LogP contribution >= 0.6 is 27.3 Å². The molecule has 0 radical (unpaired) electrons. The second kappa shape index (κ2) is 12.0. The molecular formula is C28H29BrN2O6S. The topological polar surface area (TPSA) is 88.4 Å². The Kier molecular flexibility index (Phi) is 8.73. The molecular weight excluding hydrogens is 572 g/mol. The molecule has 2 aromatic carbocycles. The number of benzene rings is 2. The van der Waals surface area contributed by atoms with Crippen LogP contribution in [-0.2, 0) is 9.53 Å². The van der Waals surface area contributed by atoms with Gasteiger partial charge in [0.15, 0.2) is 4.80 Å². The first-order chi connectivity index (χ1) is 18.4. The van der Waals surface area contributed by atoms with Crippen molar-refractivity contribution in [2.75, 3.05) is 27.9 Å². The number of ether oxygens (including phenoxy) is 4. The third-order valence-corrected chi connectivity index (χ3v) is 7.58. The molecule has 10 heteroatoms. The van der Waals surface area contributed by atoms with Gasteiger partial charge in [0.1, 0.15) is 23.3 Å². The van der Waals surface area contributed by atoms with Gasteiger partial charge >= 0.3 is 5.97 Å². The van der Waals surface area contributed by atoms with Crippen molar-refractivity contribution in [1.29, 1.82) is 0 Å². The number of fused-ring (bicyclic) bond motifs is 1. The highest BCUT2D eigenvalue weighted by Gasteiger charge is 2.36. The van der Waals surface area contributed by atoms with Crippen LogP contribution < -0.4 is 29.1 Å². The normalized spacial score (nSPS) is 15.1. The number of methoxy groups -OCH3 is 3. The number of carbonyl (C=O) groups is 1. The first kappa shape index (κ1) is 27.7. The fourth-order valence-corrected chi connectivity index (χ4v) is 5.82. The molecule has 4 rings (SSSR count). The summed E-state index contributed by atoms with van der Waals surface area (Å²) in [4.78, 5) is 32.7. The van der Waals surface area contributed by atoms with E-state index in [1.165, 1.54) is 11.3 Å². The van der Waals surface area contributed by atoms with Crippen LogP contribution in [-0.4, -0.2) is 38.5 Å². The summed E-state index contributed by atoms with van der Waals surface area (Å²) in [5.74, 6) is 1.19. The van der Waals surface area contributed by atoms with Crippen molar-refractivity contribution in [1.82, 2.24) is 4.57 Å². The zero-order valence-corrected chi connectivity index (χ0v) is 24.3. The summed E-state index contributed by atoms with van der Waals surface area (Å²) < 4.78 is 25.0. The number of thiazole rings is 1. The Bertz CT molecular complexity index is 1570. The monoisotopic (exact) mass is 600 g/mol. The fourth-order valence-electron chi connectivity index (χ4n) is 4.43. The lowest BCUT2D eigenvalue weighted by Crippen LogP contribution is -2.40. The zero-order valence-electron chi connectivity index (χ0n) is 21.9. The molecule has 0 amide bonds. The number of nitrogens with zero attached hydrogens (tertiary/aromatic N) is 2. The molecule has 1 aromatic heterocycles. The minimum Gasteiger partial charge on any atom is -0.497 e. The van der Waals surface area contributed by atoms with Crippen molar-refractivity contribution in [2.45, 2.75) is 32.7 Å². The average Bonchev–Trinajstić information content (AvgIpc) is 3.22. The van der Waals surface area contributed by atoms with E-state index in [4.69, 9.17) is 23.9 Å². The second-order valence-corrected chi connectivity index (χ2v) is 10.3. The highest BCUT2D eigenvalue weighted by molar-refractivity contribution is 9.10. The molecule has 0 spiro atoms. The maximum absolute atomic E-state index is 14.0. The number of hydrogen-bond acceptors (Lipinski definition) is 8. The Morgan fingerprint density at radius 2 is 1.82 bits per heavy atom. The third-order valence-electron chi connectivity index (χ3n) is 6.10. The van der Waals surface area contributed by atoms with Crippen LogP contribution in [0.25, 0.3) is 6.08 Å². The third kappa shape index (κ3) is 5.28. The summed E-state index contributed by atoms with van der Waals surface area (Å²) >= 11 is 4.75. The highest BCUT2D eigenvalue weighted by Crippen LogP contribution is 2.38. The Morgan fingerprint density at radius 1 is 1.08 bits per heavy atom. The largest absolute Gasteiger partial charge is 0.497 e. The maximum atomic E-state index is 14.0. The predicted molar refractivity (Wildman–Crippen MR) is 150 cm³/mol. The van der Waals surface area contributed by atoms with Gasteiger partial charge in [0.25, 0.3) is 5.56 Å². The summed E-state index contributed by atoms with van der Waals surface area (Å²) in [5, 5.41) is 0. The molecule has 1 atom stereocenters. The maximum Gasteiger partial charge on any atom is 0.338 e. The minimum atomic E-state index is -0.816. The van der Waals surface area contributed by atoms with Crippen LogP contribution in [0.5, 0.6) is 17.2 Å². The van der Waals surface area contributed by atoms with E-state index in [2.05, 4.69) is 15.9 Å². The van der Waals surface area contributed by atoms with Gasteiger partial charge in [-0.1, -0.05) is 40.6 Å². The number of allylic oxidation sites excluding steroid dienone is 1. The Morgan fingerprint density at radius 3 is 2.47 bits per heavy atom. The molecule has 0 saturated carbocycles. The van der Waals surface area contributed by atoms with Crippen LogP contribution in [0.4, 0.5) is 0 Å². The van der Waals surface area contributed by atoms with Gasteiger partial charge in [-0.25, -0.2) is 9.79 Å². The molecule has 0 aliphatic carbocycles. The molecule has 2 heterocycles. The quantitative estimate of drug-likeness (QED) is 0.339. The minimum absolute atomic E-state index is 0.191. The average molecular weight is 602 g/mol. The van der Waals surface area contributed by atoms with E-state index in [1.807, 2.05) is 25.1 Å². The van der Waals surface area contributed by atoms with Crippen molar-refractivity contribution in [3.63, 3.8) is 0 Å². The number of rotatable bonds is 9. The Balaban J connectivity index is 2.07. The van der Waals surface area contributed by atoms with Gasteiger partial charge in [-0.05, 0) is 55.8 Å². The molecule has 0 bridgehead atoms. The molecule has 200 valence electrons. The first-order valence-electron chi connectivity index (χ1n) is 12.1. The number of hydrogen-bond donors (Lipinski definition) is 0. The van der Waals surface area contributed by atoms with Crippen molar-refractivity contribution in [2.24, 2.45) is 4.99 Å². The number of carbonyl (C=O) groups excluding carboxylic acids is 1. The molecule has 8 nitrogen and oxygen atoms in total. The molecule has 0 fully saturated rings. The van der Waals surface area contributed by atoms with Gasteiger partial charge in [0, 0.05) is 15.6 Å². The van der Waals surface area contributed by atoms with Crippen LogP contribution in [0.3, 0.4) is 0 Å². The molecule has 0 unspecified atom stereocenters. The van der Waals surface area contributed by atoms with Crippen molar-refractivity contribution >= 4 is 39.3 Å². The van der Waals surface area contributed by atoms with Crippen LogP contribution in [0.2, 0.25) is 0 Å². The Hall–Kier alpha value is -3.37. The lowest BCUT2D eigenvalue weighted by Gasteiger charge is -2.27.